The van der Waals surface area contributed by atoms with E-state index in [1.165, 1.54) is 17.0 Å². The van der Waals surface area contributed by atoms with Crippen LogP contribution in [-0.4, -0.2) is 40.6 Å². The number of halogens is 2. The predicted molar refractivity (Wildman–Crippen MR) is 103 cm³/mol. The second-order valence-corrected chi connectivity index (χ2v) is 7.10. The number of benzene rings is 2. The highest BCUT2D eigenvalue weighted by atomic mass is 19.1. The van der Waals surface area contributed by atoms with Crippen LogP contribution in [-0.2, 0) is 16.0 Å². The SMILES string of the molecule is O=C(NCCc1cc(F)cc(F)c1)C1(O)CCN(c2ccc3[nH]ccc3c2)C1=O. The lowest BCUT2D eigenvalue weighted by atomic mass is 10.0. The van der Waals surface area contributed by atoms with Gasteiger partial charge in [-0.2, -0.15) is 0 Å². The smallest absolute Gasteiger partial charge is 0.268 e. The van der Waals surface area contributed by atoms with Gasteiger partial charge in [0, 0.05) is 48.4 Å². The summed E-state index contributed by atoms with van der Waals surface area (Å²) in [4.78, 5) is 29.7. The van der Waals surface area contributed by atoms with E-state index in [1.807, 2.05) is 18.2 Å². The zero-order valence-corrected chi connectivity index (χ0v) is 15.4. The van der Waals surface area contributed by atoms with Gasteiger partial charge in [-0.3, -0.25) is 9.59 Å². The minimum absolute atomic E-state index is 0.0344. The van der Waals surface area contributed by atoms with Crippen LogP contribution >= 0.6 is 0 Å². The first-order chi connectivity index (χ1) is 13.9. The van der Waals surface area contributed by atoms with Gasteiger partial charge in [-0.05, 0) is 48.4 Å². The number of hydrogen-bond donors (Lipinski definition) is 3. The Balaban J connectivity index is 1.42. The Bertz CT molecular complexity index is 1080. The molecule has 0 saturated carbocycles. The van der Waals surface area contributed by atoms with Crippen molar-refractivity contribution in [1.29, 1.82) is 0 Å². The Morgan fingerprint density at radius 1 is 1.17 bits per heavy atom. The number of nitrogens with one attached hydrogen (secondary N) is 2. The first-order valence-electron chi connectivity index (χ1n) is 9.21. The summed E-state index contributed by atoms with van der Waals surface area (Å²) in [6, 6.07) is 10.4. The summed E-state index contributed by atoms with van der Waals surface area (Å²) in [5.74, 6) is -2.91. The molecule has 29 heavy (non-hydrogen) atoms. The van der Waals surface area contributed by atoms with Crippen LogP contribution in [0.3, 0.4) is 0 Å². The third-order valence-corrected chi connectivity index (χ3v) is 5.14. The van der Waals surface area contributed by atoms with Crippen molar-refractivity contribution in [3.63, 3.8) is 0 Å². The van der Waals surface area contributed by atoms with Gasteiger partial charge in [0.1, 0.15) is 11.6 Å². The van der Waals surface area contributed by atoms with Crippen LogP contribution in [0.15, 0.2) is 48.7 Å². The van der Waals surface area contributed by atoms with E-state index in [4.69, 9.17) is 0 Å². The van der Waals surface area contributed by atoms with Crippen LogP contribution in [0, 0.1) is 11.6 Å². The molecule has 150 valence electrons. The number of H-pyrrole nitrogens is 1. The maximum Gasteiger partial charge on any atom is 0.268 e. The average Bonchev–Trinajstić information content (AvgIpc) is 3.26. The highest BCUT2D eigenvalue weighted by Gasteiger charge is 2.51. The van der Waals surface area contributed by atoms with Crippen molar-refractivity contribution in [2.24, 2.45) is 0 Å². The van der Waals surface area contributed by atoms with Crippen molar-refractivity contribution in [2.75, 3.05) is 18.0 Å². The number of carbonyl (C=O) groups excluding carboxylic acids is 2. The monoisotopic (exact) mass is 399 g/mol. The van der Waals surface area contributed by atoms with Crippen LogP contribution in [0.4, 0.5) is 14.5 Å². The predicted octanol–water partition coefficient (Wildman–Crippen LogP) is 2.27. The Labute approximate surface area is 165 Å². The van der Waals surface area contributed by atoms with Crippen molar-refractivity contribution in [1.82, 2.24) is 10.3 Å². The van der Waals surface area contributed by atoms with E-state index < -0.39 is 29.0 Å². The third kappa shape index (κ3) is 3.58. The van der Waals surface area contributed by atoms with E-state index >= 15 is 0 Å². The number of hydrogen-bond acceptors (Lipinski definition) is 3. The van der Waals surface area contributed by atoms with Crippen molar-refractivity contribution in [2.45, 2.75) is 18.4 Å². The number of fused-ring (bicyclic) bond motifs is 1. The van der Waals surface area contributed by atoms with Crippen LogP contribution in [0.2, 0.25) is 0 Å². The van der Waals surface area contributed by atoms with Gasteiger partial charge in [0.15, 0.2) is 0 Å². The lowest BCUT2D eigenvalue weighted by Crippen LogP contribution is -2.52. The number of aliphatic hydroxyl groups is 1. The van der Waals surface area contributed by atoms with Gasteiger partial charge in [0.2, 0.25) is 5.60 Å². The van der Waals surface area contributed by atoms with Gasteiger partial charge < -0.3 is 20.3 Å². The number of rotatable bonds is 5. The van der Waals surface area contributed by atoms with Gasteiger partial charge in [0.25, 0.3) is 11.8 Å². The van der Waals surface area contributed by atoms with Crippen molar-refractivity contribution in [3.05, 3.63) is 65.9 Å². The van der Waals surface area contributed by atoms with Crippen LogP contribution in [0.5, 0.6) is 0 Å². The van der Waals surface area contributed by atoms with Gasteiger partial charge in [-0.1, -0.05) is 0 Å². The molecule has 1 unspecified atom stereocenters. The molecule has 3 N–H and O–H groups in total. The maximum absolute atomic E-state index is 13.2. The Morgan fingerprint density at radius 2 is 1.93 bits per heavy atom. The third-order valence-electron chi connectivity index (χ3n) is 5.14. The zero-order valence-electron chi connectivity index (χ0n) is 15.4. The quantitative estimate of drug-likeness (QED) is 0.576. The Hall–Kier alpha value is -3.26. The van der Waals surface area contributed by atoms with Gasteiger partial charge >= 0.3 is 0 Å². The highest BCUT2D eigenvalue weighted by Crippen LogP contribution is 2.30. The molecule has 1 saturated heterocycles. The normalized spacial score (nSPS) is 19.1. The van der Waals surface area contributed by atoms with Gasteiger partial charge in [-0.15, -0.1) is 0 Å². The van der Waals surface area contributed by atoms with Crippen molar-refractivity contribution < 1.29 is 23.5 Å². The van der Waals surface area contributed by atoms with Gasteiger partial charge in [0.05, 0.1) is 0 Å². The Morgan fingerprint density at radius 3 is 2.69 bits per heavy atom. The number of aromatic nitrogens is 1. The number of nitrogens with zero attached hydrogens (tertiary/aromatic N) is 1. The largest absolute Gasteiger partial charge is 0.372 e. The molecular formula is C21H19F2N3O3. The Kier molecular flexibility index (Phi) is 4.79. The summed E-state index contributed by atoms with van der Waals surface area (Å²) in [6.45, 7) is 0.237. The summed E-state index contributed by atoms with van der Waals surface area (Å²) < 4.78 is 26.5. The van der Waals surface area contributed by atoms with Crippen molar-refractivity contribution in [3.8, 4) is 0 Å². The first kappa shape index (κ1) is 19.1. The molecule has 1 fully saturated rings. The number of anilines is 1. The van der Waals surface area contributed by atoms with Crippen molar-refractivity contribution >= 4 is 28.4 Å². The molecule has 0 radical (unpaired) electrons. The number of aromatic amines is 1. The molecule has 1 atom stereocenters. The molecule has 0 spiro atoms. The summed E-state index contributed by atoms with van der Waals surface area (Å²) in [7, 11) is 0. The molecule has 2 heterocycles. The lowest BCUT2D eigenvalue weighted by Gasteiger charge is -2.22. The summed E-state index contributed by atoms with van der Waals surface area (Å²) in [5, 5.41) is 14.1. The highest BCUT2D eigenvalue weighted by molar-refractivity contribution is 6.16. The molecule has 1 aliphatic heterocycles. The topological polar surface area (TPSA) is 85.4 Å². The lowest BCUT2D eigenvalue weighted by molar-refractivity contribution is -0.149. The fourth-order valence-corrected chi connectivity index (χ4v) is 3.59. The molecule has 0 aliphatic carbocycles. The molecule has 2 aromatic carbocycles. The fraction of sp³-hybridized carbons (Fsp3) is 0.238. The summed E-state index contributed by atoms with van der Waals surface area (Å²) in [6.07, 6.45) is 1.91. The average molecular weight is 399 g/mol. The van der Waals surface area contributed by atoms with E-state index in [9.17, 15) is 23.5 Å². The molecular weight excluding hydrogens is 380 g/mol. The van der Waals surface area contributed by atoms with Gasteiger partial charge in [-0.25, -0.2) is 8.78 Å². The molecule has 1 aliphatic rings. The standard InChI is InChI=1S/C21H19F2N3O3/c22-15-9-13(10-16(23)12-15)3-6-25-19(27)21(29)5-8-26(20(21)28)17-1-2-18-14(11-17)4-7-24-18/h1-2,4,7,9-12,24,29H,3,5-6,8H2,(H,25,27). The first-order valence-corrected chi connectivity index (χ1v) is 9.21. The molecule has 4 rings (SSSR count). The van der Waals surface area contributed by atoms with Crippen LogP contribution in [0.25, 0.3) is 10.9 Å². The van der Waals surface area contributed by atoms with E-state index in [-0.39, 0.29) is 25.9 Å². The molecule has 6 nitrogen and oxygen atoms in total. The molecule has 1 aromatic heterocycles. The van der Waals surface area contributed by atoms with E-state index in [2.05, 4.69) is 10.3 Å². The maximum atomic E-state index is 13.2. The number of carbonyl (C=O) groups is 2. The number of amides is 2. The molecule has 8 heteroatoms. The van der Waals surface area contributed by atoms with Crippen LogP contribution < -0.4 is 10.2 Å². The second-order valence-electron chi connectivity index (χ2n) is 7.10. The molecule has 2 amide bonds. The zero-order chi connectivity index (χ0) is 20.6. The fourth-order valence-electron chi connectivity index (χ4n) is 3.59. The summed E-state index contributed by atoms with van der Waals surface area (Å²) >= 11 is 0. The van der Waals surface area contributed by atoms with Crippen LogP contribution in [0.1, 0.15) is 12.0 Å². The van der Waals surface area contributed by atoms with E-state index in [1.54, 1.807) is 12.3 Å². The summed E-state index contributed by atoms with van der Waals surface area (Å²) in [5.41, 5.74) is -0.280. The van der Waals surface area contributed by atoms with E-state index in [0.717, 1.165) is 17.0 Å². The minimum Gasteiger partial charge on any atom is -0.372 e. The molecule has 3 aromatic rings. The van der Waals surface area contributed by atoms with E-state index in [0.29, 0.717) is 11.3 Å². The molecule has 0 bridgehead atoms. The second kappa shape index (κ2) is 7.29. The minimum atomic E-state index is -2.17.